The molecule has 0 bridgehead atoms. The van der Waals surface area contributed by atoms with Crippen molar-refractivity contribution in [2.24, 2.45) is 7.05 Å². The highest BCUT2D eigenvalue weighted by atomic mass is 16.2. The van der Waals surface area contributed by atoms with Crippen LogP contribution in [0.15, 0.2) is 36.5 Å². The van der Waals surface area contributed by atoms with Crippen LogP contribution in [-0.2, 0) is 11.8 Å². The van der Waals surface area contributed by atoms with Gasteiger partial charge in [0, 0.05) is 30.2 Å². The molecule has 2 aromatic heterocycles. The van der Waals surface area contributed by atoms with Gasteiger partial charge in [0.25, 0.3) is 0 Å². The first kappa shape index (κ1) is 16.8. The lowest BCUT2D eigenvalue weighted by Gasteiger charge is -2.31. The number of nitrogens with zero attached hydrogens (tertiary/aromatic N) is 3. The van der Waals surface area contributed by atoms with E-state index in [-0.39, 0.29) is 5.91 Å². The predicted octanol–water partition coefficient (Wildman–Crippen LogP) is 3.03. The summed E-state index contributed by atoms with van der Waals surface area (Å²) in [6.07, 6.45) is 4.32. The van der Waals surface area contributed by atoms with Gasteiger partial charge < -0.3 is 10.3 Å². The number of para-hydroxylation sites is 1. The third-order valence-electron chi connectivity index (χ3n) is 5.29. The molecule has 136 valence electrons. The molecule has 0 unspecified atom stereocenters. The number of piperidine rings is 1. The number of H-pyrrole nitrogens is 1. The lowest BCUT2D eigenvalue weighted by molar-refractivity contribution is -0.117. The summed E-state index contributed by atoms with van der Waals surface area (Å²) >= 11 is 0. The zero-order chi connectivity index (χ0) is 18.1. The maximum absolute atomic E-state index is 12.3. The number of aryl methyl sites for hydroxylation is 2. The molecule has 0 atom stereocenters. The van der Waals surface area contributed by atoms with Crippen LogP contribution in [-0.4, -0.2) is 45.2 Å². The number of amides is 1. The Labute approximate surface area is 153 Å². The van der Waals surface area contributed by atoms with E-state index in [1.807, 2.05) is 20.0 Å². The first-order valence-corrected chi connectivity index (χ1v) is 9.19. The number of hydrogen-bond acceptors (Lipinski definition) is 3. The molecule has 0 aliphatic carbocycles. The van der Waals surface area contributed by atoms with E-state index < -0.39 is 0 Å². The van der Waals surface area contributed by atoms with Crippen LogP contribution < -0.4 is 5.32 Å². The molecular formula is C20H25N5O. The normalized spacial score (nSPS) is 16.2. The van der Waals surface area contributed by atoms with Gasteiger partial charge in [-0.3, -0.25) is 14.4 Å². The van der Waals surface area contributed by atoms with E-state index in [0.29, 0.717) is 12.5 Å². The number of nitrogens with one attached hydrogen (secondary N) is 2. The molecule has 0 saturated carbocycles. The second-order valence-corrected chi connectivity index (χ2v) is 7.18. The Balaban J connectivity index is 1.33. The third-order valence-corrected chi connectivity index (χ3v) is 5.29. The van der Waals surface area contributed by atoms with Gasteiger partial charge in [-0.25, -0.2) is 0 Å². The monoisotopic (exact) mass is 351 g/mol. The maximum Gasteiger partial charge on any atom is 0.239 e. The minimum Gasteiger partial charge on any atom is -0.361 e. The molecule has 0 spiro atoms. The topological polar surface area (TPSA) is 66.0 Å². The zero-order valence-corrected chi connectivity index (χ0v) is 15.3. The number of fused-ring (bicyclic) bond motifs is 1. The van der Waals surface area contributed by atoms with E-state index in [0.717, 1.165) is 37.4 Å². The number of rotatable bonds is 4. The number of aromatic amines is 1. The van der Waals surface area contributed by atoms with Gasteiger partial charge in [-0.15, -0.1) is 0 Å². The Morgan fingerprint density at radius 2 is 2.08 bits per heavy atom. The number of carbonyl (C=O) groups is 1. The maximum atomic E-state index is 12.3. The molecule has 6 nitrogen and oxygen atoms in total. The van der Waals surface area contributed by atoms with Crippen molar-refractivity contribution in [3.63, 3.8) is 0 Å². The molecule has 4 rings (SSSR count). The van der Waals surface area contributed by atoms with E-state index in [1.54, 1.807) is 4.68 Å². The Hall–Kier alpha value is -2.60. The third kappa shape index (κ3) is 3.37. The predicted molar refractivity (Wildman–Crippen MR) is 103 cm³/mol. The SMILES string of the molecule is Cc1cc(NC(=O)CN2CCC(c3c[nH]c4ccccc34)CC2)n(C)n1. The minimum absolute atomic E-state index is 0.0264. The van der Waals surface area contributed by atoms with Gasteiger partial charge >= 0.3 is 0 Å². The van der Waals surface area contributed by atoms with Crippen LogP contribution >= 0.6 is 0 Å². The highest BCUT2D eigenvalue weighted by molar-refractivity contribution is 5.91. The van der Waals surface area contributed by atoms with Crippen LogP contribution in [0.1, 0.15) is 30.0 Å². The van der Waals surface area contributed by atoms with Gasteiger partial charge in [0.1, 0.15) is 5.82 Å². The fourth-order valence-corrected chi connectivity index (χ4v) is 3.95. The van der Waals surface area contributed by atoms with Crippen LogP contribution in [0.4, 0.5) is 5.82 Å². The number of carbonyl (C=O) groups excluding carboxylic acids is 1. The largest absolute Gasteiger partial charge is 0.361 e. The summed E-state index contributed by atoms with van der Waals surface area (Å²) in [5, 5.41) is 8.54. The van der Waals surface area contributed by atoms with Gasteiger partial charge in [-0.05, 0) is 50.4 Å². The number of benzene rings is 1. The molecule has 1 amide bonds. The summed E-state index contributed by atoms with van der Waals surface area (Å²) < 4.78 is 1.70. The standard InChI is InChI=1S/C20H25N5O/c1-14-11-19(24(2)23-14)22-20(26)13-25-9-7-15(8-10-25)17-12-21-18-6-4-3-5-16(17)18/h3-6,11-12,15,21H,7-10,13H2,1-2H3,(H,22,26). The first-order chi connectivity index (χ1) is 12.6. The summed E-state index contributed by atoms with van der Waals surface area (Å²) in [7, 11) is 1.84. The summed E-state index contributed by atoms with van der Waals surface area (Å²) in [4.78, 5) is 17.9. The van der Waals surface area contributed by atoms with Crippen molar-refractivity contribution in [3.05, 3.63) is 47.8 Å². The second-order valence-electron chi connectivity index (χ2n) is 7.18. The average molecular weight is 351 g/mol. The van der Waals surface area contributed by atoms with E-state index in [2.05, 4.69) is 50.8 Å². The lowest BCUT2D eigenvalue weighted by atomic mass is 9.89. The Bertz CT molecular complexity index is 917. The molecule has 1 aromatic carbocycles. The van der Waals surface area contributed by atoms with Crippen LogP contribution in [0.5, 0.6) is 0 Å². The smallest absolute Gasteiger partial charge is 0.239 e. The summed E-state index contributed by atoms with van der Waals surface area (Å²) in [6.45, 7) is 4.25. The van der Waals surface area contributed by atoms with Crippen molar-refractivity contribution in [3.8, 4) is 0 Å². The highest BCUT2D eigenvalue weighted by Gasteiger charge is 2.24. The van der Waals surface area contributed by atoms with Crippen LogP contribution in [0.2, 0.25) is 0 Å². The molecule has 3 aromatic rings. The van der Waals surface area contributed by atoms with Crippen molar-refractivity contribution in [1.82, 2.24) is 19.7 Å². The highest BCUT2D eigenvalue weighted by Crippen LogP contribution is 2.32. The fourth-order valence-electron chi connectivity index (χ4n) is 3.95. The zero-order valence-electron chi connectivity index (χ0n) is 15.3. The molecule has 1 fully saturated rings. The molecule has 2 N–H and O–H groups in total. The molecule has 3 heterocycles. The van der Waals surface area contributed by atoms with Crippen molar-refractivity contribution in [2.45, 2.75) is 25.7 Å². The van der Waals surface area contributed by atoms with Crippen molar-refractivity contribution in [1.29, 1.82) is 0 Å². The van der Waals surface area contributed by atoms with E-state index in [4.69, 9.17) is 0 Å². The molecular weight excluding hydrogens is 326 g/mol. The molecule has 6 heteroatoms. The van der Waals surface area contributed by atoms with Crippen molar-refractivity contribution < 1.29 is 4.79 Å². The van der Waals surface area contributed by atoms with Gasteiger partial charge in [0.2, 0.25) is 5.91 Å². The van der Waals surface area contributed by atoms with Crippen LogP contribution in [0, 0.1) is 6.92 Å². The van der Waals surface area contributed by atoms with E-state index in [9.17, 15) is 4.79 Å². The number of hydrogen-bond donors (Lipinski definition) is 2. The van der Waals surface area contributed by atoms with Crippen LogP contribution in [0.25, 0.3) is 10.9 Å². The molecule has 1 saturated heterocycles. The first-order valence-electron chi connectivity index (χ1n) is 9.19. The second kappa shape index (κ2) is 6.96. The number of likely N-dealkylation sites (tertiary alicyclic amines) is 1. The number of anilines is 1. The van der Waals surface area contributed by atoms with Gasteiger partial charge in [0.15, 0.2) is 0 Å². The Morgan fingerprint density at radius 3 is 2.81 bits per heavy atom. The van der Waals surface area contributed by atoms with Gasteiger partial charge in [0.05, 0.1) is 12.2 Å². The van der Waals surface area contributed by atoms with Gasteiger partial charge in [-0.1, -0.05) is 18.2 Å². The van der Waals surface area contributed by atoms with Crippen molar-refractivity contribution in [2.75, 3.05) is 25.0 Å². The minimum atomic E-state index is 0.0264. The fraction of sp³-hybridized carbons (Fsp3) is 0.400. The molecule has 26 heavy (non-hydrogen) atoms. The summed E-state index contributed by atoms with van der Waals surface area (Å²) in [5.74, 6) is 1.34. The summed E-state index contributed by atoms with van der Waals surface area (Å²) in [5.41, 5.74) is 3.52. The lowest BCUT2D eigenvalue weighted by Crippen LogP contribution is -2.38. The van der Waals surface area contributed by atoms with Gasteiger partial charge in [-0.2, -0.15) is 5.10 Å². The molecule has 1 aliphatic heterocycles. The molecule has 0 radical (unpaired) electrons. The van der Waals surface area contributed by atoms with E-state index >= 15 is 0 Å². The summed E-state index contributed by atoms with van der Waals surface area (Å²) in [6, 6.07) is 10.4. The molecule has 1 aliphatic rings. The van der Waals surface area contributed by atoms with Crippen molar-refractivity contribution >= 4 is 22.6 Å². The quantitative estimate of drug-likeness (QED) is 0.759. The average Bonchev–Trinajstić information content (AvgIpc) is 3.18. The number of aromatic nitrogens is 3. The van der Waals surface area contributed by atoms with E-state index in [1.165, 1.54) is 16.5 Å². The Kier molecular flexibility index (Phi) is 4.51. The Morgan fingerprint density at radius 1 is 1.31 bits per heavy atom. The van der Waals surface area contributed by atoms with Crippen LogP contribution in [0.3, 0.4) is 0 Å².